The number of aromatic nitrogens is 3. The summed E-state index contributed by atoms with van der Waals surface area (Å²) in [7, 11) is 1.95. The lowest BCUT2D eigenvalue weighted by Crippen LogP contribution is -2.29. The minimum Gasteiger partial charge on any atom is -0.492 e. The lowest BCUT2D eigenvalue weighted by Gasteiger charge is -2.08. The topological polar surface area (TPSA) is 69.0 Å². The lowest BCUT2D eigenvalue weighted by molar-refractivity contribution is -0.118. The zero-order chi connectivity index (χ0) is 16.9. The lowest BCUT2D eigenvalue weighted by atomic mass is 10.3. The van der Waals surface area contributed by atoms with Crippen LogP contribution < -0.4 is 10.1 Å². The van der Waals surface area contributed by atoms with Crippen LogP contribution in [0.4, 0.5) is 0 Å². The van der Waals surface area contributed by atoms with E-state index in [1.165, 1.54) is 24.6 Å². The molecule has 0 radical (unpaired) electrons. The Morgan fingerprint density at radius 2 is 2.12 bits per heavy atom. The summed E-state index contributed by atoms with van der Waals surface area (Å²) in [6, 6.07) is 7.13. The van der Waals surface area contributed by atoms with Crippen molar-refractivity contribution >= 4 is 29.3 Å². The average molecular weight is 367 g/mol. The maximum absolute atomic E-state index is 11.9. The SMILES string of the molecule is Cn1c(SCC(=O)NCCOc2ccc(Cl)cc2)nnc1C1CC1. The maximum Gasteiger partial charge on any atom is 0.230 e. The predicted octanol–water partition coefficient (Wildman–Crippen LogP) is 2.63. The summed E-state index contributed by atoms with van der Waals surface area (Å²) < 4.78 is 7.51. The molecule has 0 bridgehead atoms. The molecule has 1 saturated carbocycles. The summed E-state index contributed by atoms with van der Waals surface area (Å²) in [5.41, 5.74) is 0. The fourth-order valence-electron chi connectivity index (χ4n) is 2.22. The largest absolute Gasteiger partial charge is 0.492 e. The molecule has 1 fully saturated rings. The highest BCUT2D eigenvalue weighted by molar-refractivity contribution is 7.99. The summed E-state index contributed by atoms with van der Waals surface area (Å²) >= 11 is 7.21. The number of carbonyl (C=O) groups is 1. The first kappa shape index (κ1) is 17.1. The van der Waals surface area contributed by atoms with Gasteiger partial charge in [0.2, 0.25) is 5.91 Å². The van der Waals surface area contributed by atoms with Crippen molar-refractivity contribution in [3.8, 4) is 5.75 Å². The van der Waals surface area contributed by atoms with Crippen molar-refractivity contribution in [1.29, 1.82) is 0 Å². The minimum atomic E-state index is -0.0457. The third-order valence-electron chi connectivity index (χ3n) is 3.65. The molecule has 2 aromatic rings. The van der Waals surface area contributed by atoms with Crippen LogP contribution in [0, 0.1) is 0 Å². The van der Waals surface area contributed by atoms with Gasteiger partial charge in [-0.25, -0.2) is 0 Å². The van der Waals surface area contributed by atoms with Gasteiger partial charge in [-0.1, -0.05) is 23.4 Å². The fourth-order valence-corrected chi connectivity index (χ4v) is 3.09. The van der Waals surface area contributed by atoms with E-state index >= 15 is 0 Å². The monoisotopic (exact) mass is 366 g/mol. The van der Waals surface area contributed by atoms with Gasteiger partial charge in [0.05, 0.1) is 12.3 Å². The molecule has 8 heteroatoms. The number of ether oxygens (including phenoxy) is 1. The molecule has 6 nitrogen and oxygen atoms in total. The van der Waals surface area contributed by atoms with E-state index in [0.717, 1.165) is 16.7 Å². The zero-order valence-electron chi connectivity index (χ0n) is 13.4. The van der Waals surface area contributed by atoms with Crippen LogP contribution in [0.25, 0.3) is 0 Å². The second-order valence-corrected chi connectivity index (χ2v) is 6.99. The van der Waals surface area contributed by atoms with Crippen molar-refractivity contribution in [2.75, 3.05) is 18.9 Å². The van der Waals surface area contributed by atoms with E-state index in [4.69, 9.17) is 16.3 Å². The first-order chi connectivity index (χ1) is 11.6. The fraction of sp³-hybridized carbons (Fsp3) is 0.438. The average Bonchev–Trinajstić information content (AvgIpc) is 3.35. The van der Waals surface area contributed by atoms with E-state index in [0.29, 0.717) is 29.8 Å². The van der Waals surface area contributed by atoms with Crippen LogP contribution >= 0.6 is 23.4 Å². The maximum atomic E-state index is 11.9. The Labute approximate surface area is 149 Å². The van der Waals surface area contributed by atoms with Gasteiger partial charge in [0.1, 0.15) is 18.2 Å². The van der Waals surface area contributed by atoms with Crippen LogP contribution in [0.3, 0.4) is 0 Å². The second kappa shape index (κ2) is 7.90. The molecule has 1 aliphatic carbocycles. The number of hydrogen-bond acceptors (Lipinski definition) is 5. The molecule has 24 heavy (non-hydrogen) atoms. The van der Waals surface area contributed by atoms with E-state index in [1.54, 1.807) is 24.3 Å². The van der Waals surface area contributed by atoms with Gasteiger partial charge in [0.15, 0.2) is 5.16 Å². The molecule has 1 amide bonds. The Hall–Kier alpha value is -1.73. The van der Waals surface area contributed by atoms with Crippen molar-refractivity contribution in [2.45, 2.75) is 23.9 Å². The highest BCUT2D eigenvalue weighted by Gasteiger charge is 2.29. The van der Waals surface area contributed by atoms with Gasteiger partial charge in [0.25, 0.3) is 0 Å². The Balaban J connectivity index is 1.34. The highest BCUT2D eigenvalue weighted by atomic mass is 35.5. The molecule has 0 aliphatic heterocycles. The van der Waals surface area contributed by atoms with Crippen molar-refractivity contribution in [3.63, 3.8) is 0 Å². The van der Waals surface area contributed by atoms with Crippen LogP contribution in [0.2, 0.25) is 5.02 Å². The molecule has 1 N–H and O–H groups in total. The Kier molecular flexibility index (Phi) is 5.63. The first-order valence-corrected chi connectivity index (χ1v) is 9.17. The number of thioether (sulfide) groups is 1. The molecular formula is C16H19ClN4O2S. The summed E-state index contributed by atoms with van der Waals surface area (Å²) in [5.74, 6) is 2.58. The quantitative estimate of drug-likeness (QED) is 0.574. The van der Waals surface area contributed by atoms with Crippen LogP contribution in [-0.2, 0) is 11.8 Å². The molecule has 0 unspecified atom stereocenters. The molecule has 1 heterocycles. The van der Waals surface area contributed by atoms with Crippen molar-refractivity contribution in [2.24, 2.45) is 7.05 Å². The predicted molar refractivity (Wildman–Crippen MR) is 93.7 cm³/mol. The molecule has 0 saturated heterocycles. The van der Waals surface area contributed by atoms with Crippen molar-refractivity contribution in [1.82, 2.24) is 20.1 Å². The van der Waals surface area contributed by atoms with Gasteiger partial charge < -0.3 is 14.6 Å². The molecule has 3 rings (SSSR count). The summed E-state index contributed by atoms with van der Waals surface area (Å²) in [5, 5.41) is 12.6. The summed E-state index contributed by atoms with van der Waals surface area (Å²) in [6.45, 7) is 0.863. The number of hydrogen-bond donors (Lipinski definition) is 1. The zero-order valence-corrected chi connectivity index (χ0v) is 14.9. The number of halogens is 1. The third kappa shape index (κ3) is 4.64. The van der Waals surface area contributed by atoms with E-state index in [9.17, 15) is 4.79 Å². The van der Waals surface area contributed by atoms with Crippen LogP contribution in [0.1, 0.15) is 24.6 Å². The van der Waals surface area contributed by atoms with Gasteiger partial charge in [0, 0.05) is 18.0 Å². The van der Waals surface area contributed by atoms with Gasteiger partial charge in [-0.15, -0.1) is 10.2 Å². The number of nitrogens with one attached hydrogen (secondary N) is 1. The van der Waals surface area contributed by atoms with Crippen molar-refractivity contribution in [3.05, 3.63) is 35.1 Å². The molecule has 1 aromatic heterocycles. The van der Waals surface area contributed by atoms with Gasteiger partial charge in [-0.05, 0) is 37.1 Å². The normalized spacial score (nSPS) is 13.8. The Morgan fingerprint density at radius 1 is 1.38 bits per heavy atom. The summed E-state index contributed by atoms with van der Waals surface area (Å²) in [4.78, 5) is 11.9. The van der Waals surface area contributed by atoms with Crippen molar-refractivity contribution < 1.29 is 9.53 Å². The standard InChI is InChI=1S/C16H19ClN4O2S/c1-21-15(11-2-3-11)19-20-16(21)24-10-14(22)18-8-9-23-13-6-4-12(17)5-7-13/h4-7,11H,2-3,8-10H2,1H3,(H,18,22). The van der Waals surface area contributed by atoms with E-state index in [-0.39, 0.29) is 5.91 Å². The van der Waals surface area contributed by atoms with Crippen LogP contribution in [-0.4, -0.2) is 39.6 Å². The molecule has 0 spiro atoms. The molecule has 1 aliphatic rings. The van der Waals surface area contributed by atoms with E-state index < -0.39 is 0 Å². The number of nitrogens with zero attached hydrogens (tertiary/aromatic N) is 3. The van der Waals surface area contributed by atoms with E-state index in [2.05, 4.69) is 15.5 Å². The molecule has 0 atom stereocenters. The minimum absolute atomic E-state index is 0.0457. The van der Waals surface area contributed by atoms with Gasteiger partial charge in [-0.3, -0.25) is 4.79 Å². The summed E-state index contributed by atoms with van der Waals surface area (Å²) in [6.07, 6.45) is 2.37. The number of benzene rings is 1. The molecule has 128 valence electrons. The molecule has 1 aromatic carbocycles. The van der Waals surface area contributed by atoms with Gasteiger partial charge >= 0.3 is 0 Å². The van der Waals surface area contributed by atoms with E-state index in [1.807, 2.05) is 11.6 Å². The Morgan fingerprint density at radius 3 is 2.83 bits per heavy atom. The van der Waals surface area contributed by atoms with Crippen LogP contribution in [0.15, 0.2) is 29.4 Å². The number of rotatable bonds is 8. The third-order valence-corrected chi connectivity index (χ3v) is 4.92. The van der Waals surface area contributed by atoms with Crippen LogP contribution in [0.5, 0.6) is 5.75 Å². The Bertz CT molecular complexity index is 701. The highest BCUT2D eigenvalue weighted by Crippen LogP contribution is 2.39. The smallest absolute Gasteiger partial charge is 0.230 e. The molecular weight excluding hydrogens is 348 g/mol. The number of amides is 1. The first-order valence-electron chi connectivity index (χ1n) is 7.80. The van der Waals surface area contributed by atoms with Gasteiger partial charge in [-0.2, -0.15) is 0 Å². The second-order valence-electron chi connectivity index (χ2n) is 5.62. The number of carbonyl (C=O) groups excluding carboxylic acids is 1.